The van der Waals surface area contributed by atoms with Gasteiger partial charge in [0.05, 0.1) is 0 Å². The molecule has 5 nitrogen and oxygen atoms in total. The first-order valence-corrected chi connectivity index (χ1v) is 14.5. The van der Waals surface area contributed by atoms with Crippen molar-refractivity contribution in [3.63, 3.8) is 0 Å². The van der Waals surface area contributed by atoms with Crippen LogP contribution in [0.4, 0.5) is 0 Å². The fraction of sp³-hybridized carbons (Fsp3) is 0. The van der Waals surface area contributed by atoms with E-state index < -0.39 is 6.42 Å². The zero-order valence-corrected chi connectivity index (χ0v) is 12.2. The molecule has 0 amide bonds. The molecule has 0 aromatic rings. The van der Waals surface area contributed by atoms with Crippen molar-refractivity contribution in [3.05, 3.63) is 0 Å². The van der Waals surface area contributed by atoms with E-state index in [0.29, 0.717) is 0 Å². The molecule has 0 rings (SSSR count). The van der Waals surface area contributed by atoms with Crippen molar-refractivity contribution in [1.82, 2.24) is 0 Å². The van der Waals surface area contributed by atoms with Gasteiger partial charge in [-0.25, -0.2) is 0 Å². The molecule has 0 aliphatic heterocycles. The molecular weight excluding hydrogens is 451 g/mol. The van der Waals surface area contributed by atoms with Gasteiger partial charge in [-0.15, -0.1) is 0 Å². The third-order valence-electron chi connectivity index (χ3n) is 0. The second-order valence-corrected chi connectivity index (χ2v) is 42.7. The van der Waals surface area contributed by atoms with Crippen LogP contribution in [0.1, 0.15) is 0 Å². The summed E-state index contributed by atoms with van der Waals surface area (Å²) in [4.78, 5) is 0. The van der Waals surface area contributed by atoms with E-state index in [1.54, 1.807) is 0 Å². The Bertz CT molecular complexity index is 29.1. The number of halogens is 4. The average molecular weight is 461 g/mol. The van der Waals surface area contributed by atoms with Crippen LogP contribution >= 0.6 is 55.2 Å². The summed E-state index contributed by atoms with van der Waals surface area (Å²) >= 11 is 13.2. The van der Waals surface area contributed by atoms with Gasteiger partial charge in [0.2, 0.25) is 0 Å². The predicted octanol–water partition coefficient (Wildman–Crippen LogP) is -0.744. The van der Waals surface area contributed by atoms with E-state index in [4.69, 9.17) is 0 Å². The molecule has 10 heavy (non-hydrogen) atoms. The normalized spacial score (nSPS) is 6.00. The van der Waals surface area contributed by atoms with Gasteiger partial charge in [-0.05, 0) is 0 Å². The van der Waals surface area contributed by atoms with Crippen molar-refractivity contribution >= 4 is 55.2 Å². The zero-order chi connectivity index (χ0) is 4.50. The second kappa shape index (κ2) is 17.4. The molecule has 0 saturated heterocycles. The maximum absolute atomic E-state index is 3.30. The third kappa shape index (κ3) is 168. The van der Waals surface area contributed by atoms with Crippen molar-refractivity contribution < 1.29 is 33.8 Å². The van der Waals surface area contributed by atoms with Gasteiger partial charge in [-0.1, -0.05) is 0 Å². The summed E-state index contributed by atoms with van der Waals surface area (Å²) in [6.45, 7) is 0. The van der Waals surface area contributed by atoms with E-state index in [9.17, 15) is 0 Å². The van der Waals surface area contributed by atoms with Gasteiger partial charge in [0, 0.05) is 0 Å². The van der Waals surface area contributed by atoms with E-state index in [2.05, 4.69) is 55.2 Å². The summed E-state index contributed by atoms with van der Waals surface area (Å²) < 4.78 is 0. The molecule has 0 atom stereocenters. The SMILES string of the molecule is O.O.O.O.O.[Br][V]([Br])([Br])[Br]. The van der Waals surface area contributed by atoms with Crippen LogP contribution < -0.4 is 0 Å². The van der Waals surface area contributed by atoms with Crippen molar-refractivity contribution in [2.45, 2.75) is 0 Å². The van der Waals surface area contributed by atoms with Crippen LogP contribution in [-0.4, -0.2) is 27.4 Å². The molecule has 0 saturated carbocycles. The third-order valence-corrected chi connectivity index (χ3v) is 0. The molecular formula is H10Br4O5V. The summed E-state index contributed by atoms with van der Waals surface area (Å²) in [7, 11) is 0. The molecule has 10 heteroatoms. The quantitative estimate of drug-likeness (QED) is 0.446. The van der Waals surface area contributed by atoms with Gasteiger partial charge in [-0.3, -0.25) is 0 Å². The molecule has 0 aliphatic carbocycles. The van der Waals surface area contributed by atoms with Crippen molar-refractivity contribution in [1.29, 1.82) is 0 Å². The Balaban J connectivity index is -0.00000000800. The Morgan fingerprint density at radius 3 is 0.500 bits per heavy atom. The molecule has 0 unspecified atom stereocenters. The first-order chi connectivity index (χ1) is 2.00. The predicted molar refractivity (Wildman–Crippen MR) is 53.8 cm³/mol. The van der Waals surface area contributed by atoms with Gasteiger partial charge in [0.25, 0.3) is 0 Å². The van der Waals surface area contributed by atoms with E-state index >= 15 is 0 Å². The van der Waals surface area contributed by atoms with Gasteiger partial charge < -0.3 is 27.4 Å². The molecule has 73 valence electrons. The fourth-order valence-electron chi connectivity index (χ4n) is 0. The standard InChI is InChI=1S/4BrH.5H2O.V/h4*1H;5*1H2;/q;;;;;;;;;+4/p-4. The molecule has 0 bridgehead atoms. The van der Waals surface area contributed by atoms with Crippen molar-refractivity contribution in [2.24, 2.45) is 0 Å². The van der Waals surface area contributed by atoms with Gasteiger partial charge in [-0.2, -0.15) is 0 Å². The number of rotatable bonds is 0. The van der Waals surface area contributed by atoms with Crippen LogP contribution in [0.3, 0.4) is 0 Å². The van der Waals surface area contributed by atoms with Crippen LogP contribution in [0.2, 0.25) is 0 Å². The summed E-state index contributed by atoms with van der Waals surface area (Å²) in [6.07, 6.45) is -1.62. The van der Waals surface area contributed by atoms with Crippen LogP contribution in [0, 0.1) is 0 Å². The molecule has 0 aromatic carbocycles. The van der Waals surface area contributed by atoms with Gasteiger partial charge >= 0.3 is 61.7 Å². The Morgan fingerprint density at radius 1 is 0.500 bits per heavy atom. The Labute approximate surface area is 88.0 Å². The van der Waals surface area contributed by atoms with Crippen molar-refractivity contribution in [3.8, 4) is 0 Å². The summed E-state index contributed by atoms with van der Waals surface area (Å²) in [6, 6.07) is 0. The average Bonchev–Trinajstić information content (AvgIpc) is 0.722. The van der Waals surface area contributed by atoms with Crippen LogP contribution in [0.5, 0.6) is 0 Å². The van der Waals surface area contributed by atoms with Crippen molar-refractivity contribution in [2.75, 3.05) is 0 Å². The van der Waals surface area contributed by atoms with E-state index in [0.717, 1.165) is 0 Å². The van der Waals surface area contributed by atoms with Crippen LogP contribution in [-0.2, 0) is 6.42 Å². The fourth-order valence-corrected chi connectivity index (χ4v) is 0. The van der Waals surface area contributed by atoms with E-state index in [1.165, 1.54) is 0 Å². The Kier molecular flexibility index (Phi) is 68.9. The molecule has 0 radical (unpaired) electrons. The maximum atomic E-state index is 3.30. The molecule has 0 heterocycles. The number of hydrogen-bond donors (Lipinski definition) is 0. The summed E-state index contributed by atoms with van der Waals surface area (Å²) in [5.74, 6) is 0. The van der Waals surface area contributed by atoms with E-state index in [-0.39, 0.29) is 27.4 Å². The monoisotopic (exact) mass is 457 g/mol. The summed E-state index contributed by atoms with van der Waals surface area (Å²) in [5.41, 5.74) is 0. The van der Waals surface area contributed by atoms with Crippen LogP contribution in [0.25, 0.3) is 0 Å². The molecule has 0 fully saturated rings. The summed E-state index contributed by atoms with van der Waals surface area (Å²) in [5, 5.41) is 0. The minimum absolute atomic E-state index is 0. The molecule has 10 N–H and O–H groups in total. The van der Waals surface area contributed by atoms with E-state index in [1.807, 2.05) is 0 Å². The Hall–Kier alpha value is 2.30. The molecule has 0 aliphatic rings. The Morgan fingerprint density at radius 2 is 0.500 bits per heavy atom. The topological polar surface area (TPSA) is 158 Å². The zero-order valence-electron chi connectivity index (χ0n) is 4.46. The second-order valence-electron chi connectivity index (χ2n) is 0.383. The number of hydrogen-bond acceptors (Lipinski definition) is 0. The molecule has 0 spiro atoms. The molecule has 0 aromatic heterocycles. The first-order valence-electron chi connectivity index (χ1n) is 0.676. The van der Waals surface area contributed by atoms with Crippen LogP contribution in [0.15, 0.2) is 0 Å². The first kappa shape index (κ1) is 39.6. The van der Waals surface area contributed by atoms with Gasteiger partial charge in [0.15, 0.2) is 0 Å². The minimum atomic E-state index is -1.62. The van der Waals surface area contributed by atoms with Gasteiger partial charge in [0.1, 0.15) is 0 Å².